The molecule has 1 aromatic rings. The van der Waals surface area contributed by atoms with Crippen molar-refractivity contribution >= 4 is 22.4 Å². The monoisotopic (exact) mass is 270 g/mol. The molecule has 1 aromatic heterocycles. The minimum Gasteiger partial charge on any atom is -0.381 e. The van der Waals surface area contributed by atoms with E-state index in [1.165, 1.54) is 11.3 Å². The Morgan fingerprint density at radius 3 is 2.94 bits per heavy atom. The molecule has 6 nitrogen and oxygen atoms in total. The Hall–Kier alpha value is -1.05. The molecule has 18 heavy (non-hydrogen) atoms. The zero-order valence-electron chi connectivity index (χ0n) is 10.6. The molecule has 2 heterocycles. The SMILES string of the molecule is C[C@H](C(=O)Nc1nncs1)N(C)C1CCOCC1. The number of nitrogens with one attached hydrogen (secondary N) is 1. The van der Waals surface area contributed by atoms with Crippen LogP contribution in [0.3, 0.4) is 0 Å². The summed E-state index contributed by atoms with van der Waals surface area (Å²) in [5.41, 5.74) is 1.60. The van der Waals surface area contributed by atoms with E-state index < -0.39 is 0 Å². The largest absolute Gasteiger partial charge is 0.381 e. The second-order valence-electron chi connectivity index (χ2n) is 4.42. The lowest BCUT2D eigenvalue weighted by atomic mass is 10.1. The van der Waals surface area contributed by atoms with Gasteiger partial charge in [0.15, 0.2) is 0 Å². The van der Waals surface area contributed by atoms with Gasteiger partial charge in [0, 0.05) is 19.3 Å². The highest BCUT2D eigenvalue weighted by Crippen LogP contribution is 2.16. The molecule has 2 rings (SSSR count). The maximum Gasteiger partial charge on any atom is 0.243 e. The van der Waals surface area contributed by atoms with E-state index in [1.54, 1.807) is 5.51 Å². The lowest BCUT2D eigenvalue weighted by Crippen LogP contribution is -2.47. The molecule has 0 spiro atoms. The summed E-state index contributed by atoms with van der Waals surface area (Å²) >= 11 is 1.32. The van der Waals surface area contributed by atoms with Crippen molar-refractivity contribution in [3.05, 3.63) is 5.51 Å². The Morgan fingerprint density at radius 1 is 1.61 bits per heavy atom. The van der Waals surface area contributed by atoms with Crippen molar-refractivity contribution in [2.24, 2.45) is 0 Å². The van der Waals surface area contributed by atoms with E-state index in [0.29, 0.717) is 11.2 Å². The number of anilines is 1. The molecule has 1 N–H and O–H groups in total. The number of rotatable bonds is 4. The van der Waals surface area contributed by atoms with Crippen LogP contribution in [0.2, 0.25) is 0 Å². The van der Waals surface area contributed by atoms with E-state index in [-0.39, 0.29) is 11.9 Å². The van der Waals surface area contributed by atoms with E-state index in [4.69, 9.17) is 4.74 Å². The molecule has 1 fully saturated rings. The average Bonchev–Trinajstić information content (AvgIpc) is 2.91. The fourth-order valence-electron chi connectivity index (χ4n) is 2.03. The van der Waals surface area contributed by atoms with Crippen LogP contribution < -0.4 is 5.32 Å². The second-order valence-corrected chi connectivity index (χ2v) is 5.25. The first-order valence-electron chi connectivity index (χ1n) is 6.05. The third-order valence-corrected chi connectivity index (χ3v) is 3.95. The highest BCUT2D eigenvalue weighted by atomic mass is 32.1. The van der Waals surface area contributed by atoms with E-state index in [1.807, 2.05) is 14.0 Å². The molecular weight excluding hydrogens is 252 g/mol. The zero-order chi connectivity index (χ0) is 13.0. The molecule has 0 aliphatic carbocycles. The number of ether oxygens (including phenoxy) is 1. The van der Waals surface area contributed by atoms with Crippen molar-refractivity contribution < 1.29 is 9.53 Å². The first-order chi connectivity index (χ1) is 8.68. The molecule has 0 unspecified atom stereocenters. The predicted molar refractivity (Wildman–Crippen MR) is 69.6 cm³/mol. The Labute approximate surface area is 110 Å². The number of likely N-dealkylation sites (N-methyl/N-ethyl adjacent to an activating group) is 1. The third kappa shape index (κ3) is 3.24. The van der Waals surface area contributed by atoms with Crippen LogP contribution in [0.1, 0.15) is 19.8 Å². The average molecular weight is 270 g/mol. The Bertz CT molecular complexity index is 378. The number of hydrogen-bond acceptors (Lipinski definition) is 6. The van der Waals surface area contributed by atoms with Crippen LogP contribution in [-0.2, 0) is 9.53 Å². The molecular formula is C11H18N4O2S. The van der Waals surface area contributed by atoms with Gasteiger partial charge < -0.3 is 4.74 Å². The van der Waals surface area contributed by atoms with E-state index >= 15 is 0 Å². The van der Waals surface area contributed by atoms with Crippen LogP contribution in [-0.4, -0.2) is 53.3 Å². The van der Waals surface area contributed by atoms with Crippen LogP contribution >= 0.6 is 11.3 Å². The van der Waals surface area contributed by atoms with Crippen molar-refractivity contribution in [2.45, 2.75) is 31.8 Å². The first-order valence-corrected chi connectivity index (χ1v) is 6.93. The Morgan fingerprint density at radius 2 is 2.33 bits per heavy atom. The van der Waals surface area contributed by atoms with Crippen molar-refractivity contribution in [2.75, 3.05) is 25.6 Å². The fourth-order valence-corrected chi connectivity index (χ4v) is 2.48. The number of nitrogens with zero attached hydrogens (tertiary/aromatic N) is 3. The summed E-state index contributed by atoms with van der Waals surface area (Å²) in [7, 11) is 1.99. The Balaban J connectivity index is 1.88. The van der Waals surface area contributed by atoms with Crippen LogP contribution in [0.4, 0.5) is 5.13 Å². The molecule has 0 saturated carbocycles. The van der Waals surface area contributed by atoms with E-state index in [9.17, 15) is 4.79 Å². The molecule has 1 saturated heterocycles. The number of hydrogen-bond donors (Lipinski definition) is 1. The van der Waals surface area contributed by atoms with Gasteiger partial charge in [0.2, 0.25) is 11.0 Å². The maximum atomic E-state index is 12.0. The van der Waals surface area contributed by atoms with Crippen molar-refractivity contribution in [3.63, 3.8) is 0 Å². The van der Waals surface area contributed by atoms with Gasteiger partial charge in [0.1, 0.15) is 5.51 Å². The normalized spacial score (nSPS) is 18.8. The molecule has 0 aromatic carbocycles. The highest BCUT2D eigenvalue weighted by Gasteiger charge is 2.26. The molecule has 0 radical (unpaired) electrons. The maximum absolute atomic E-state index is 12.0. The van der Waals surface area contributed by atoms with Gasteiger partial charge in [-0.1, -0.05) is 11.3 Å². The number of carbonyl (C=O) groups is 1. The van der Waals surface area contributed by atoms with Gasteiger partial charge in [0.05, 0.1) is 6.04 Å². The zero-order valence-corrected chi connectivity index (χ0v) is 11.4. The minimum absolute atomic E-state index is 0.0410. The van der Waals surface area contributed by atoms with Crippen molar-refractivity contribution in [1.29, 1.82) is 0 Å². The predicted octanol–water partition coefficient (Wildman–Crippen LogP) is 0.976. The summed E-state index contributed by atoms with van der Waals surface area (Å²) in [4.78, 5) is 14.2. The smallest absolute Gasteiger partial charge is 0.243 e. The summed E-state index contributed by atoms with van der Waals surface area (Å²) in [6.45, 7) is 3.46. The number of amides is 1. The first kappa shape index (κ1) is 13.4. The van der Waals surface area contributed by atoms with E-state index in [0.717, 1.165) is 26.1 Å². The highest BCUT2D eigenvalue weighted by molar-refractivity contribution is 7.13. The molecule has 1 aliphatic heterocycles. The third-order valence-electron chi connectivity index (χ3n) is 3.35. The molecule has 1 aliphatic rings. The van der Waals surface area contributed by atoms with Gasteiger partial charge in [-0.2, -0.15) is 0 Å². The van der Waals surface area contributed by atoms with Crippen LogP contribution in [0.15, 0.2) is 5.51 Å². The summed E-state index contributed by atoms with van der Waals surface area (Å²) in [6, 6.07) is 0.228. The summed E-state index contributed by atoms with van der Waals surface area (Å²) in [6.07, 6.45) is 1.96. The molecule has 0 bridgehead atoms. The molecule has 100 valence electrons. The lowest BCUT2D eigenvalue weighted by molar-refractivity contribution is -0.121. The van der Waals surface area contributed by atoms with Crippen LogP contribution in [0, 0.1) is 0 Å². The number of carbonyl (C=O) groups excluding carboxylic acids is 1. The fraction of sp³-hybridized carbons (Fsp3) is 0.727. The summed E-state index contributed by atoms with van der Waals surface area (Å²) < 4.78 is 5.33. The van der Waals surface area contributed by atoms with Crippen LogP contribution in [0.25, 0.3) is 0 Å². The second kappa shape index (κ2) is 6.21. The summed E-state index contributed by atoms with van der Waals surface area (Å²) in [5.74, 6) is -0.0410. The van der Waals surface area contributed by atoms with Crippen molar-refractivity contribution in [3.8, 4) is 0 Å². The van der Waals surface area contributed by atoms with Gasteiger partial charge in [0.25, 0.3) is 0 Å². The van der Waals surface area contributed by atoms with Gasteiger partial charge in [-0.15, -0.1) is 10.2 Å². The standard InChI is InChI=1S/C11H18N4O2S/c1-8(10(16)13-11-14-12-7-18-11)15(2)9-3-5-17-6-4-9/h7-9H,3-6H2,1-2H3,(H,13,14,16)/t8-/m1/s1. The Kier molecular flexibility index (Phi) is 4.62. The van der Waals surface area contributed by atoms with E-state index in [2.05, 4.69) is 20.4 Å². The molecule has 1 amide bonds. The quantitative estimate of drug-likeness (QED) is 0.883. The lowest BCUT2D eigenvalue weighted by Gasteiger charge is -2.34. The van der Waals surface area contributed by atoms with Gasteiger partial charge in [-0.05, 0) is 26.8 Å². The number of aromatic nitrogens is 2. The molecule has 1 atom stereocenters. The van der Waals surface area contributed by atoms with Gasteiger partial charge in [-0.25, -0.2) is 0 Å². The van der Waals surface area contributed by atoms with Crippen molar-refractivity contribution in [1.82, 2.24) is 15.1 Å². The topological polar surface area (TPSA) is 67.4 Å². The van der Waals surface area contributed by atoms with Gasteiger partial charge >= 0.3 is 0 Å². The molecule has 7 heteroatoms. The minimum atomic E-state index is -0.183. The summed E-state index contributed by atoms with van der Waals surface area (Å²) in [5, 5.41) is 10.8. The van der Waals surface area contributed by atoms with Crippen LogP contribution in [0.5, 0.6) is 0 Å². The van der Waals surface area contributed by atoms with Gasteiger partial charge in [-0.3, -0.25) is 15.0 Å².